The number of hydrogen-bond acceptors (Lipinski definition) is 3. The van der Waals surface area contributed by atoms with Crippen LogP contribution in [0.2, 0.25) is 0 Å². The van der Waals surface area contributed by atoms with Crippen LogP contribution in [-0.2, 0) is 12.8 Å². The first-order valence-corrected chi connectivity index (χ1v) is 6.37. The lowest BCUT2D eigenvalue weighted by Crippen LogP contribution is -1.91. The van der Waals surface area contributed by atoms with Crippen molar-refractivity contribution in [2.75, 3.05) is 0 Å². The molecular formula is C15H19N3O. The molecule has 100 valence electrons. The van der Waals surface area contributed by atoms with Crippen LogP contribution in [0.1, 0.15) is 24.5 Å². The van der Waals surface area contributed by atoms with Gasteiger partial charge >= 0.3 is 0 Å². The third kappa shape index (κ3) is 6.31. The second kappa shape index (κ2) is 9.76. The average molecular weight is 257 g/mol. The maximum absolute atomic E-state index is 9.67. The highest BCUT2D eigenvalue weighted by Gasteiger charge is 1.97. The SMILES string of the molecule is CCCc1ccccc1C/C=C/C=C/C=N/NN=O. The minimum absolute atomic E-state index is 0.922. The van der Waals surface area contributed by atoms with E-state index in [1.807, 2.05) is 17.7 Å². The van der Waals surface area contributed by atoms with Crippen molar-refractivity contribution in [1.29, 1.82) is 0 Å². The summed E-state index contributed by atoms with van der Waals surface area (Å²) < 4.78 is 0. The molecule has 0 atom stereocenters. The van der Waals surface area contributed by atoms with E-state index < -0.39 is 0 Å². The Morgan fingerprint density at radius 1 is 1.16 bits per heavy atom. The molecule has 0 aliphatic rings. The number of aryl methyl sites for hydroxylation is 1. The van der Waals surface area contributed by atoms with Gasteiger partial charge in [-0.1, -0.05) is 55.8 Å². The summed E-state index contributed by atoms with van der Waals surface area (Å²) >= 11 is 0. The van der Waals surface area contributed by atoms with Crippen LogP contribution in [0.5, 0.6) is 0 Å². The highest BCUT2D eigenvalue weighted by Crippen LogP contribution is 2.12. The Morgan fingerprint density at radius 3 is 2.68 bits per heavy atom. The number of rotatable bonds is 8. The van der Waals surface area contributed by atoms with E-state index in [9.17, 15) is 4.91 Å². The smallest absolute Gasteiger partial charge is 0.0722 e. The van der Waals surface area contributed by atoms with Crippen LogP contribution in [0.25, 0.3) is 0 Å². The van der Waals surface area contributed by atoms with Crippen molar-refractivity contribution < 1.29 is 0 Å². The summed E-state index contributed by atoms with van der Waals surface area (Å²) in [4.78, 5) is 9.67. The zero-order valence-electron chi connectivity index (χ0n) is 11.1. The van der Waals surface area contributed by atoms with Gasteiger partial charge in [-0.2, -0.15) is 10.6 Å². The first-order valence-electron chi connectivity index (χ1n) is 6.37. The summed E-state index contributed by atoms with van der Waals surface area (Å²) in [5, 5.41) is 5.90. The van der Waals surface area contributed by atoms with Gasteiger partial charge in [0.2, 0.25) is 0 Å². The fourth-order valence-electron chi connectivity index (χ4n) is 1.76. The third-order valence-corrected chi connectivity index (χ3v) is 2.59. The van der Waals surface area contributed by atoms with Crippen molar-refractivity contribution in [3.8, 4) is 0 Å². The molecule has 0 aliphatic heterocycles. The van der Waals surface area contributed by atoms with Crippen molar-refractivity contribution in [1.82, 2.24) is 5.53 Å². The van der Waals surface area contributed by atoms with Crippen LogP contribution in [0.15, 0.2) is 59.0 Å². The van der Waals surface area contributed by atoms with Gasteiger partial charge in [0.15, 0.2) is 0 Å². The maximum atomic E-state index is 9.67. The molecule has 0 heterocycles. The Hall–Kier alpha value is -2.23. The van der Waals surface area contributed by atoms with Gasteiger partial charge in [0, 0.05) is 6.21 Å². The molecule has 0 amide bonds. The van der Waals surface area contributed by atoms with Gasteiger partial charge in [-0.25, -0.2) is 0 Å². The quantitative estimate of drug-likeness (QED) is 0.335. The van der Waals surface area contributed by atoms with Gasteiger partial charge in [0.05, 0.1) is 5.29 Å². The summed E-state index contributed by atoms with van der Waals surface area (Å²) in [6, 6.07) is 8.51. The molecule has 0 fully saturated rings. The number of nitrogens with one attached hydrogen (secondary N) is 1. The Kier molecular flexibility index (Phi) is 7.62. The number of benzene rings is 1. The number of hydrazone groups is 1. The molecular weight excluding hydrogens is 238 g/mol. The van der Waals surface area contributed by atoms with E-state index in [0.29, 0.717) is 0 Å². The molecule has 1 aromatic rings. The Balaban J connectivity index is 2.45. The predicted molar refractivity (Wildman–Crippen MR) is 79.8 cm³/mol. The molecule has 0 aromatic heterocycles. The molecule has 0 saturated heterocycles. The van der Waals surface area contributed by atoms with Crippen molar-refractivity contribution in [2.45, 2.75) is 26.2 Å². The fourth-order valence-corrected chi connectivity index (χ4v) is 1.76. The van der Waals surface area contributed by atoms with E-state index in [0.717, 1.165) is 19.3 Å². The fraction of sp³-hybridized carbons (Fsp3) is 0.267. The normalized spacial score (nSPS) is 11.6. The van der Waals surface area contributed by atoms with E-state index in [2.05, 4.69) is 47.7 Å². The van der Waals surface area contributed by atoms with Crippen LogP contribution in [0.3, 0.4) is 0 Å². The number of nitrogens with zero attached hydrogens (tertiary/aromatic N) is 2. The highest BCUT2D eigenvalue weighted by molar-refractivity contribution is 5.71. The topological polar surface area (TPSA) is 53.8 Å². The van der Waals surface area contributed by atoms with Crippen LogP contribution < -0.4 is 5.53 Å². The van der Waals surface area contributed by atoms with Crippen LogP contribution in [-0.4, -0.2) is 6.21 Å². The summed E-state index contributed by atoms with van der Waals surface area (Å²) in [6.07, 6.45) is 12.3. The molecule has 0 unspecified atom stereocenters. The summed E-state index contributed by atoms with van der Waals surface area (Å²) in [7, 11) is 0. The third-order valence-electron chi connectivity index (χ3n) is 2.59. The lowest BCUT2D eigenvalue weighted by atomic mass is 10.0. The molecule has 0 radical (unpaired) electrons. The van der Waals surface area contributed by atoms with Crippen LogP contribution in [0.4, 0.5) is 0 Å². The first kappa shape index (κ1) is 14.8. The molecule has 4 heteroatoms. The van der Waals surface area contributed by atoms with Gasteiger partial charge in [0.1, 0.15) is 0 Å². The molecule has 0 aliphatic carbocycles. The summed E-state index contributed by atoms with van der Waals surface area (Å²) in [5.41, 5.74) is 4.74. The van der Waals surface area contributed by atoms with E-state index >= 15 is 0 Å². The first-order chi connectivity index (χ1) is 9.38. The maximum Gasteiger partial charge on any atom is 0.0722 e. The minimum atomic E-state index is 0.922. The number of hydrogen-bond donors (Lipinski definition) is 1. The summed E-state index contributed by atoms with van der Waals surface area (Å²) in [6.45, 7) is 2.19. The monoisotopic (exact) mass is 257 g/mol. The molecule has 0 spiro atoms. The molecule has 4 nitrogen and oxygen atoms in total. The van der Waals surface area contributed by atoms with Gasteiger partial charge < -0.3 is 0 Å². The molecule has 0 bridgehead atoms. The molecule has 19 heavy (non-hydrogen) atoms. The van der Waals surface area contributed by atoms with Gasteiger partial charge in [-0.05, 0) is 30.0 Å². The largest absolute Gasteiger partial charge is 0.164 e. The van der Waals surface area contributed by atoms with Gasteiger partial charge in [-0.15, -0.1) is 4.91 Å². The Morgan fingerprint density at radius 2 is 1.95 bits per heavy atom. The van der Waals surface area contributed by atoms with E-state index in [1.165, 1.54) is 17.3 Å². The second-order valence-electron chi connectivity index (χ2n) is 4.01. The average Bonchev–Trinajstić information content (AvgIpc) is 2.44. The Labute approximate surface area is 113 Å². The molecule has 1 rings (SSSR count). The second-order valence-corrected chi connectivity index (χ2v) is 4.01. The van der Waals surface area contributed by atoms with Gasteiger partial charge in [0.25, 0.3) is 0 Å². The Bertz CT molecular complexity index is 464. The summed E-state index contributed by atoms with van der Waals surface area (Å²) in [5.74, 6) is 0. The molecule has 1 aromatic carbocycles. The zero-order chi connectivity index (χ0) is 13.8. The molecule has 0 saturated carbocycles. The predicted octanol–water partition coefficient (Wildman–Crippen LogP) is 3.55. The van der Waals surface area contributed by atoms with Crippen molar-refractivity contribution >= 4 is 6.21 Å². The van der Waals surface area contributed by atoms with Crippen molar-refractivity contribution in [2.24, 2.45) is 10.4 Å². The van der Waals surface area contributed by atoms with Crippen molar-refractivity contribution in [3.63, 3.8) is 0 Å². The lowest BCUT2D eigenvalue weighted by Gasteiger charge is -2.05. The van der Waals surface area contributed by atoms with E-state index in [-0.39, 0.29) is 0 Å². The van der Waals surface area contributed by atoms with Crippen molar-refractivity contribution in [3.05, 3.63) is 64.6 Å². The van der Waals surface area contributed by atoms with Crippen LogP contribution >= 0.6 is 0 Å². The van der Waals surface area contributed by atoms with Gasteiger partial charge in [-0.3, -0.25) is 0 Å². The molecule has 1 N–H and O–H groups in total. The standard InChI is InChI=1S/C15H19N3O/c1-2-9-14-11-6-7-12-15(14)10-5-3-4-8-13-16-17-18-19/h3-8,11-13H,2,9-10H2,1H3,(H,17,19)/b5-3+,8-4+,16-13+. The lowest BCUT2D eigenvalue weighted by molar-refractivity contribution is 0.804. The van der Waals surface area contributed by atoms with E-state index in [4.69, 9.17) is 0 Å². The van der Waals surface area contributed by atoms with Crippen LogP contribution in [0, 0.1) is 4.91 Å². The number of nitroso groups, excluding NO2 is 1. The van der Waals surface area contributed by atoms with E-state index in [1.54, 1.807) is 6.08 Å². The highest BCUT2D eigenvalue weighted by atomic mass is 16.3. The minimum Gasteiger partial charge on any atom is -0.164 e. The number of allylic oxidation sites excluding steroid dienone is 4. The zero-order valence-corrected chi connectivity index (χ0v) is 11.1.